The number of carboxylic acid groups (broad SMARTS) is 1. The Bertz CT molecular complexity index is 135. The average molecular weight is 191 g/mol. The SMILES string of the molecule is CCC(=O)[O-].CCC[N+](C)(O)CC. The van der Waals surface area contributed by atoms with E-state index >= 15 is 0 Å². The molecule has 4 heteroatoms. The Morgan fingerprint density at radius 3 is 1.85 bits per heavy atom. The van der Waals surface area contributed by atoms with Gasteiger partial charge in [-0.1, -0.05) is 13.8 Å². The van der Waals surface area contributed by atoms with Crippen LogP contribution in [0.1, 0.15) is 33.6 Å². The highest BCUT2D eigenvalue weighted by Crippen LogP contribution is 1.95. The van der Waals surface area contributed by atoms with Gasteiger partial charge in [0.15, 0.2) is 0 Å². The van der Waals surface area contributed by atoms with Crippen LogP contribution >= 0.6 is 0 Å². The minimum Gasteiger partial charge on any atom is -0.550 e. The molecule has 0 saturated heterocycles. The Labute approximate surface area is 80.3 Å². The normalized spacial score (nSPS) is 13.9. The fraction of sp³-hybridized carbons (Fsp3) is 0.889. The summed E-state index contributed by atoms with van der Waals surface area (Å²) in [6.45, 7) is 7.25. The highest BCUT2D eigenvalue weighted by Gasteiger charge is 2.11. The summed E-state index contributed by atoms with van der Waals surface area (Å²) in [5.41, 5.74) is 0. The van der Waals surface area contributed by atoms with Crippen LogP contribution in [0.25, 0.3) is 0 Å². The van der Waals surface area contributed by atoms with Gasteiger partial charge >= 0.3 is 0 Å². The highest BCUT2D eigenvalue weighted by atomic mass is 16.5. The molecule has 1 atom stereocenters. The molecule has 0 spiro atoms. The predicted octanol–water partition coefficient (Wildman–Crippen LogP) is 0.398. The molecule has 0 fully saturated rings. The number of aliphatic carboxylic acids is 1. The summed E-state index contributed by atoms with van der Waals surface area (Å²) in [5, 5.41) is 18.5. The molecule has 0 saturated carbocycles. The third-order valence-electron chi connectivity index (χ3n) is 1.68. The Kier molecular flexibility index (Phi) is 9.17. The van der Waals surface area contributed by atoms with Crippen molar-refractivity contribution in [1.29, 1.82) is 0 Å². The third-order valence-corrected chi connectivity index (χ3v) is 1.68. The quantitative estimate of drug-likeness (QED) is 0.517. The summed E-state index contributed by atoms with van der Waals surface area (Å²) >= 11 is 0. The molecule has 0 amide bonds. The molecule has 0 aromatic heterocycles. The van der Waals surface area contributed by atoms with Gasteiger partial charge in [0.1, 0.15) is 13.1 Å². The number of quaternary nitrogens is 1. The van der Waals surface area contributed by atoms with Crippen molar-refractivity contribution < 1.29 is 19.8 Å². The first-order chi connectivity index (χ1) is 5.89. The third kappa shape index (κ3) is 14.3. The molecule has 0 aliphatic carbocycles. The standard InChI is InChI=1S/C6H16NO.C3H6O2/c1-4-6-7(3,8)5-2;1-2-3(4)5/h8H,4-6H2,1-3H3;2H2,1H3,(H,4,5)/q+1;/p-1. The molecule has 4 nitrogen and oxygen atoms in total. The van der Waals surface area contributed by atoms with Gasteiger partial charge in [-0.05, 0) is 19.8 Å². The number of nitrogens with zero attached hydrogens (tertiary/aromatic N) is 1. The zero-order valence-electron chi connectivity index (χ0n) is 9.04. The van der Waals surface area contributed by atoms with Crippen molar-refractivity contribution in [2.75, 3.05) is 20.1 Å². The largest absolute Gasteiger partial charge is 0.550 e. The van der Waals surface area contributed by atoms with Crippen molar-refractivity contribution in [1.82, 2.24) is 0 Å². The molecule has 1 N–H and O–H groups in total. The van der Waals surface area contributed by atoms with E-state index < -0.39 is 5.97 Å². The van der Waals surface area contributed by atoms with Gasteiger partial charge in [0.25, 0.3) is 0 Å². The number of hydroxylamine groups is 3. The molecule has 0 heterocycles. The first-order valence-electron chi connectivity index (χ1n) is 4.66. The lowest BCUT2D eigenvalue weighted by atomic mass is 10.4. The van der Waals surface area contributed by atoms with Crippen molar-refractivity contribution in [3.05, 3.63) is 0 Å². The van der Waals surface area contributed by atoms with E-state index in [1.807, 2.05) is 14.0 Å². The van der Waals surface area contributed by atoms with Crippen LogP contribution in [0.15, 0.2) is 0 Å². The maximum Gasteiger partial charge on any atom is 0.108 e. The molecule has 0 bridgehead atoms. The minimum absolute atomic E-state index is 0.111. The van der Waals surface area contributed by atoms with Crippen LogP contribution in [0.3, 0.4) is 0 Å². The fourth-order valence-electron chi connectivity index (χ4n) is 0.640. The van der Waals surface area contributed by atoms with E-state index in [0.29, 0.717) is 0 Å². The number of carboxylic acids is 1. The molecule has 13 heavy (non-hydrogen) atoms. The summed E-state index contributed by atoms with van der Waals surface area (Å²) in [7, 11) is 1.82. The molecule has 0 aliphatic heterocycles. The number of carbonyl (C=O) groups is 1. The number of hydrogen-bond acceptors (Lipinski definition) is 3. The second kappa shape index (κ2) is 8.01. The Morgan fingerprint density at radius 2 is 1.77 bits per heavy atom. The van der Waals surface area contributed by atoms with Crippen molar-refractivity contribution in [2.24, 2.45) is 0 Å². The van der Waals surface area contributed by atoms with E-state index in [-0.39, 0.29) is 11.1 Å². The maximum atomic E-state index is 9.26. The monoisotopic (exact) mass is 191 g/mol. The summed E-state index contributed by atoms with van der Waals surface area (Å²) < 4.78 is 0.163. The van der Waals surface area contributed by atoms with Crippen molar-refractivity contribution >= 4 is 5.97 Å². The van der Waals surface area contributed by atoms with Crippen molar-refractivity contribution in [3.63, 3.8) is 0 Å². The van der Waals surface area contributed by atoms with Crippen LogP contribution in [-0.4, -0.2) is 36.0 Å². The van der Waals surface area contributed by atoms with Crippen LogP contribution < -0.4 is 5.11 Å². The molecule has 0 aliphatic rings. The van der Waals surface area contributed by atoms with Crippen LogP contribution in [0.4, 0.5) is 0 Å². The summed E-state index contributed by atoms with van der Waals surface area (Å²) in [6.07, 6.45) is 1.15. The summed E-state index contributed by atoms with van der Waals surface area (Å²) in [5.74, 6) is -0.995. The van der Waals surface area contributed by atoms with E-state index in [0.717, 1.165) is 19.5 Å². The second-order valence-corrected chi connectivity index (χ2v) is 3.10. The molecule has 0 rings (SSSR count). The molecule has 80 valence electrons. The first-order valence-corrected chi connectivity index (χ1v) is 4.66. The number of hydrogen-bond donors (Lipinski definition) is 1. The van der Waals surface area contributed by atoms with Crippen LogP contribution in [0.2, 0.25) is 0 Å². The van der Waals surface area contributed by atoms with Crippen molar-refractivity contribution in [2.45, 2.75) is 33.6 Å². The van der Waals surface area contributed by atoms with E-state index in [1.54, 1.807) is 0 Å². The Morgan fingerprint density at radius 1 is 1.38 bits per heavy atom. The first kappa shape index (κ1) is 14.9. The zero-order valence-corrected chi connectivity index (χ0v) is 9.04. The summed E-state index contributed by atoms with van der Waals surface area (Å²) in [6, 6.07) is 0. The maximum absolute atomic E-state index is 9.26. The van der Waals surface area contributed by atoms with Crippen LogP contribution in [0, 0.1) is 0 Å². The highest BCUT2D eigenvalue weighted by molar-refractivity contribution is 5.63. The van der Waals surface area contributed by atoms with Gasteiger partial charge in [-0.2, -0.15) is 4.65 Å². The van der Waals surface area contributed by atoms with Crippen LogP contribution in [0.5, 0.6) is 0 Å². The van der Waals surface area contributed by atoms with Gasteiger partial charge in [0, 0.05) is 5.97 Å². The topological polar surface area (TPSA) is 60.4 Å². The zero-order chi connectivity index (χ0) is 10.9. The molecule has 0 aromatic carbocycles. The van der Waals surface area contributed by atoms with Gasteiger partial charge in [-0.25, -0.2) is 5.21 Å². The van der Waals surface area contributed by atoms with E-state index in [4.69, 9.17) is 0 Å². The molecule has 0 radical (unpaired) electrons. The number of carbonyl (C=O) groups excluding carboxylic acids is 1. The second-order valence-electron chi connectivity index (χ2n) is 3.10. The lowest BCUT2D eigenvalue weighted by Gasteiger charge is -2.22. The van der Waals surface area contributed by atoms with Crippen molar-refractivity contribution in [3.8, 4) is 0 Å². The van der Waals surface area contributed by atoms with Gasteiger partial charge in [-0.3, -0.25) is 0 Å². The van der Waals surface area contributed by atoms with Gasteiger partial charge in [0.2, 0.25) is 0 Å². The van der Waals surface area contributed by atoms with E-state index in [9.17, 15) is 15.1 Å². The van der Waals surface area contributed by atoms with E-state index in [2.05, 4.69) is 6.92 Å². The fourth-order valence-corrected chi connectivity index (χ4v) is 0.640. The molecular formula is C9H21NO3. The van der Waals surface area contributed by atoms with Gasteiger partial charge in [-0.15, -0.1) is 0 Å². The van der Waals surface area contributed by atoms with E-state index in [1.165, 1.54) is 6.92 Å². The number of rotatable bonds is 4. The van der Waals surface area contributed by atoms with Gasteiger partial charge < -0.3 is 9.90 Å². The van der Waals surface area contributed by atoms with Crippen LogP contribution in [-0.2, 0) is 4.79 Å². The molecular weight excluding hydrogens is 170 g/mol. The minimum atomic E-state index is -0.995. The average Bonchev–Trinajstić information content (AvgIpc) is 2.05. The molecule has 1 unspecified atom stereocenters. The van der Waals surface area contributed by atoms with Gasteiger partial charge in [0.05, 0.1) is 7.05 Å². The predicted molar refractivity (Wildman–Crippen MR) is 49.0 cm³/mol. The lowest BCUT2D eigenvalue weighted by Crippen LogP contribution is -2.40. The molecule has 0 aromatic rings. The summed E-state index contributed by atoms with van der Waals surface area (Å²) in [4.78, 5) is 9.26. The Hall–Kier alpha value is -0.610. The Balaban J connectivity index is 0. The lowest BCUT2D eigenvalue weighted by molar-refractivity contribution is -1.09. The smallest absolute Gasteiger partial charge is 0.108 e.